The number of hydrogen-bond donors (Lipinski definition) is 1. The van der Waals surface area contributed by atoms with E-state index in [-0.39, 0.29) is 6.61 Å². The van der Waals surface area contributed by atoms with Gasteiger partial charge in [0.25, 0.3) is 0 Å². The molecule has 0 fully saturated rings. The van der Waals surface area contributed by atoms with E-state index in [1.165, 1.54) is 0 Å². The molecule has 5 heteroatoms. The lowest BCUT2D eigenvalue weighted by Gasteiger charge is -2.09. The Bertz CT molecular complexity index is 848. The van der Waals surface area contributed by atoms with Gasteiger partial charge in [-0.15, -0.1) is 0 Å². The molecule has 0 spiro atoms. The summed E-state index contributed by atoms with van der Waals surface area (Å²) < 4.78 is 5.18. The molecule has 0 unspecified atom stereocenters. The lowest BCUT2D eigenvalue weighted by Crippen LogP contribution is -2.09. The van der Waals surface area contributed by atoms with Crippen molar-refractivity contribution in [2.45, 2.75) is 0 Å². The first-order valence-corrected chi connectivity index (χ1v) is 7.01. The summed E-state index contributed by atoms with van der Waals surface area (Å²) >= 11 is 6.26. The van der Waals surface area contributed by atoms with Crippen molar-refractivity contribution >= 4 is 28.5 Å². The standard InChI is InChI=1S/C17H12ClNO3/c18-15-4-2-1-3-13(15)12-7-8-19-16-9-11(5-6-14(12)16)22-10-17(20)21/h1-9H,10H2,(H,20,21). The van der Waals surface area contributed by atoms with Gasteiger partial charge in [0.1, 0.15) is 5.75 Å². The van der Waals surface area contributed by atoms with Gasteiger partial charge < -0.3 is 9.84 Å². The van der Waals surface area contributed by atoms with Gasteiger partial charge in [-0.3, -0.25) is 4.98 Å². The monoisotopic (exact) mass is 313 g/mol. The predicted molar refractivity (Wildman–Crippen MR) is 85.3 cm³/mol. The van der Waals surface area contributed by atoms with Gasteiger partial charge in [0, 0.05) is 28.2 Å². The van der Waals surface area contributed by atoms with Gasteiger partial charge in [-0.2, -0.15) is 0 Å². The zero-order chi connectivity index (χ0) is 15.5. The fourth-order valence-electron chi connectivity index (χ4n) is 2.28. The van der Waals surface area contributed by atoms with Gasteiger partial charge >= 0.3 is 5.97 Å². The molecule has 1 heterocycles. The van der Waals surface area contributed by atoms with E-state index in [2.05, 4.69) is 4.98 Å². The molecule has 3 rings (SSSR count). The van der Waals surface area contributed by atoms with Crippen LogP contribution in [0.1, 0.15) is 0 Å². The maximum Gasteiger partial charge on any atom is 0.341 e. The molecular formula is C17H12ClNO3. The first-order valence-electron chi connectivity index (χ1n) is 6.63. The number of aromatic nitrogens is 1. The van der Waals surface area contributed by atoms with Gasteiger partial charge in [0.15, 0.2) is 6.61 Å². The van der Waals surface area contributed by atoms with Gasteiger partial charge in [0.2, 0.25) is 0 Å². The maximum absolute atomic E-state index is 10.6. The topological polar surface area (TPSA) is 59.4 Å². The van der Waals surface area contributed by atoms with Crippen LogP contribution in [-0.4, -0.2) is 22.7 Å². The molecule has 0 amide bonds. The summed E-state index contributed by atoms with van der Waals surface area (Å²) in [6.45, 7) is -0.379. The average Bonchev–Trinajstić information content (AvgIpc) is 2.52. The minimum absolute atomic E-state index is 0.379. The third-order valence-corrected chi connectivity index (χ3v) is 3.57. The van der Waals surface area contributed by atoms with Crippen LogP contribution in [0.25, 0.3) is 22.0 Å². The zero-order valence-corrected chi connectivity index (χ0v) is 12.2. The molecule has 1 N–H and O–H groups in total. The molecule has 2 aromatic carbocycles. The fourth-order valence-corrected chi connectivity index (χ4v) is 2.51. The van der Waals surface area contributed by atoms with Crippen molar-refractivity contribution in [3.63, 3.8) is 0 Å². The van der Waals surface area contributed by atoms with Crippen molar-refractivity contribution in [1.82, 2.24) is 4.98 Å². The Morgan fingerprint density at radius 2 is 1.95 bits per heavy atom. The highest BCUT2D eigenvalue weighted by Crippen LogP contribution is 2.33. The normalized spacial score (nSPS) is 10.6. The van der Waals surface area contributed by atoms with E-state index in [1.807, 2.05) is 36.4 Å². The molecule has 4 nitrogen and oxygen atoms in total. The number of carboxylic acids is 1. The molecule has 3 aromatic rings. The molecular weight excluding hydrogens is 302 g/mol. The Balaban J connectivity index is 2.07. The van der Waals surface area contributed by atoms with Crippen molar-refractivity contribution in [3.05, 3.63) is 59.8 Å². The lowest BCUT2D eigenvalue weighted by molar-refractivity contribution is -0.139. The summed E-state index contributed by atoms with van der Waals surface area (Å²) in [4.78, 5) is 14.9. The second kappa shape index (κ2) is 6.03. The van der Waals surface area contributed by atoms with E-state index in [0.717, 1.165) is 22.0 Å². The van der Waals surface area contributed by atoms with E-state index < -0.39 is 5.97 Å². The molecule has 0 aliphatic rings. The second-order valence-corrected chi connectivity index (χ2v) is 5.11. The number of benzene rings is 2. The van der Waals surface area contributed by atoms with Gasteiger partial charge in [0.05, 0.1) is 5.52 Å². The number of halogens is 1. The van der Waals surface area contributed by atoms with Crippen molar-refractivity contribution in [2.75, 3.05) is 6.61 Å². The van der Waals surface area contributed by atoms with Crippen LogP contribution >= 0.6 is 11.6 Å². The van der Waals surface area contributed by atoms with Gasteiger partial charge in [-0.1, -0.05) is 29.8 Å². The maximum atomic E-state index is 10.6. The molecule has 0 saturated heterocycles. The summed E-state index contributed by atoms with van der Waals surface area (Å²) in [7, 11) is 0. The molecule has 0 bridgehead atoms. The SMILES string of the molecule is O=C(O)COc1ccc2c(-c3ccccc3Cl)ccnc2c1. The highest BCUT2D eigenvalue weighted by molar-refractivity contribution is 6.33. The lowest BCUT2D eigenvalue weighted by atomic mass is 10.0. The Morgan fingerprint density at radius 3 is 2.73 bits per heavy atom. The highest BCUT2D eigenvalue weighted by atomic mass is 35.5. The van der Waals surface area contributed by atoms with Crippen LogP contribution in [0.4, 0.5) is 0 Å². The summed E-state index contributed by atoms with van der Waals surface area (Å²) in [6, 6.07) is 14.8. The quantitative estimate of drug-likeness (QED) is 0.790. The van der Waals surface area contributed by atoms with Crippen molar-refractivity contribution in [3.8, 4) is 16.9 Å². The smallest absolute Gasteiger partial charge is 0.341 e. The molecule has 110 valence electrons. The molecule has 0 aliphatic heterocycles. The molecule has 0 saturated carbocycles. The number of carboxylic acid groups (broad SMARTS) is 1. The summed E-state index contributed by atoms with van der Waals surface area (Å²) in [5.74, 6) is -0.545. The first kappa shape index (κ1) is 14.4. The third kappa shape index (κ3) is 2.87. The molecule has 0 atom stereocenters. The Kier molecular flexibility index (Phi) is 3.94. The number of nitrogens with zero attached hydrogens (tertiary/aromatic N) is 1. The Hall–Kier alpha value is -2.59. The van der Waals surface area contributed by atoms with Crippen LogP contribution in [-0.2, 0) is 4.79 Å². The van der Waals surface area contributed by atoms with Gasteiger partial charge in [-0.05, 0) is 29.8 Å². The number of fused-ring (bicyclic) bond motifs is 1. The minimum Gasteiger partial charge on any atom is -0.482 e. The van der Waals surface area contributed by atoms with Crippen molar-refractivity contribution in [1.29, 1.82) is 0 Å². The van der Waals surface area contributed by atoms with E-state index >= 15 is 0 Å². The Labute approximate surface area is 131 Å². The minimum atomic E-state index is -1.02. The molecule has 1 aromatic heterocycles. The number of ether oxygens (including phenoxy) is 1. The predicted octanol–water partition coefficient (Wildman–Crippen LogP) is 4.02. The van der Waals surface area contributed by atoms with Crippen molar-refractivity contribution < 1.29 is 14.6 Å². The number of rotatable bonds is 4. The van der Waals surface area contributed by atoms with Gasteiger partial charge in [-0.25, -0.2) is 4.79 Å². The molecule has 0 aliphatic carbocycles. The molecule has 22 heavy (non-hydrogen) atoms. The van der Waals surface area contributed by atoms with Crippen LogP contribution in [0.15, 0.2) is 54.7 Å². The number of pyridine rings is 1. The second-order valence-electron chi connectivity index (χ2n) is 4.70. The number of carbonyl (C=O) groups is 1. The van der Waals surface area contributed by atoms with E-state index in [0.29, 0.717) is 10.8 Å². The Morgan fingerprint density at radius 1 is 1.14 bits per heavy atom. The van der Waals surface area contributed by atoms with E-state index in [9.17, 15) is 4.79 Å². The average molecular weight is 314 g/mol. The summed E-state index contributed by atoms with van der Waals surface area (Å²) in [6.07, 6.45) is 1.70. The number of aliphatic carboxylic acids is 1. The fraction of sp³-hybridized carbons (Fsp3) is 0.0588. The van der Waals surface area contributed by atoms with Crippen LogP contribution in [0.5, 0.6) is 5.75 Å². The summed E-state index contributed by atoms with van der Waals surface area (Å²) in [5.41, 5.74) is 2.62. The van der Waals surface area contributed by atoms with Crippen LogP contribution in [0, 0.1) is 0 Å². The van der Waals surface area contributed by atoms with Crippen LogP contribution in [0.2, 0.25) is 5.02 Å². The number of hydrogen-bond acceptors (Lipinski definition) is 3. The van der Waals surface area contributed by atoms with Crippen molar-refractivity contribution in [2.24, 2.45) is 0 Å². The first-order chi connectivity index (χ1) is 10.6. The van der Waals surface area contributed by atoms with E-state index in [1.54, 1.807) is 18.3 Å². The van der Waals surface area contributed by atoms with E-state index in [4.69, 9.17) is 21.4 Å². The molecule has 0 radical (unpaired) electrons. The third-order valence-electron chi connectivity index (χ3n) is 3.24. The largest absolute Gasteiger partial charge is 0.482 e. The van der Waals surface area contributed by atoms with Crippen LogP contribution in [0.3, 0.4) is 0 Å². The highest BCUT2D eigenvalue weighted by Gasteiger charge is 2.09. The zero-order valence-electron chi connectivity index (χ0n) is 11.5. The van der Waals surface area contributed by atoms with Crippen LogP contribution < -0.4 is 4.74 Å². The summed E-state index contributed by atoms with van der Waals surface area (Å²) in [5, 5.41) is 10.3.